The van der Waals surface area contributed by atoms with E-state index >= 15 is 0 Å². The summed E-state index contributed by atoms with van der Waals surface area (Å²) in [6.45, 7) is 6.92. The Bertz CT molecular complexity index is 1730. The quantitative estimate of drug-likeness (QED) is 0.210. The maximum atomic E-state index is 2.53. The lowest BCUT2D eigenvalue weighted by Gasteiger charge is -2.57. The highest BCUT2D eigenvalue weighted by Crippen LogP contribution is 2.61. The molecule has 0 spiro atoms. The van der Waals surface area contributed by atoms with Crippen LogP contribution < -0.4 is 0 Å². The molecule has 4 aliphatic carbocycles. The van der Waals surface area contributed by atoms with Crippen molar-refractivity contribution in [1.29, 1.82) is 0 Å². The standard InChI is InChI=1S/C42H42/c1-41(2,3)36-23-34(31-9-5-4-6-10-31)22-35(24-36)32-13-15-33(16-14-32)37-17-18-40(39-12-8-7-11-38(37)39)42-25-28-19-29(26-42)21-30(20-28)27-42/h4-18,22-24,28-30H,19-21,25-27H2,1-3H3. The molecule has 9 rings (SSSR count). The van der Waals surface area contributed by atoms with Crippen molar-refractivity contribution in [3.05, 3.63) is 120 Å². The summed E-state index contributed by atoms with van der Waals surface area (Å²) in [4.78, 5) is 0. The molecule has 42 heavy (non-hydrogen) atoms. The molecule has 5 aromatic rings. The third-order valence-electron chi connectivity index (χ3n) is 11.0. The topological polar surface area (TPSA) is 0 Å². The molecule has 0 aliphatic heterocycles. The second-order valence-corrected chi connectivity index (χ2v) is 14.9. The summed E-state index contributed by atoms with van der Waals surface area (Å²) in [6, 6.07) is 41.5. The van der Waals surface area contributed by atoms with Crippen LogP contribution >= 0.6 is 0 Å². The minimum Gasteiger partial charge on any atom is -0.0622 e. The van der Waals surface area contributed by atoms with E-state index in [-0.39, 0.29) is 5.41 Å². The molecule has 0 radical (unpaired) electrons. The van der Waals surface area contributed by atoms with Gasteiger partial charge in [-0.25, -0.2) is 0 Å². The lowest BCUT2D eigenvalue weighted by Crippen LogP contribution is -2.48. The zero-order chi connectivity index (χ0) is 28.5. The molecule has 0 heteroatoms. The van der Waals surface area contributed by atoms with E-state index in [1.807, 2.05) is 0 Å². The molecule has 0 atom stereocenters. The van der Waals surface area contributed by atoms with Gasteiger partial charge in [0.15, 0.2) is 0 Å². The van der Waals surface area contributed by atoms with Gasteiger partial charge in [0, 0.05) is 0 Å². The number of hydrogen-bond acceptors (Lipinski definition) is 0. The van der Waals surface area contributed by atoms with Crippen molar-refractivity contribution < 1.29 is 0 Å². The van der Waals surface area contributed by atoms with Gasteiger partial charge < -0.3 is 0 Å². The summed E-state index contributed by atoms with van der Waals surface area (Å²) in [7, 11) is 0. The van der Waals surface area contributed by atoms with Crippen LogP contribution in [0.3, 0.4) is 0 Å². The van der Waals surface area contributed by atoms with Gasteiger partial charge in [-0.05, 0) is 128 Å². The van der Waals surface area contributed by atoms with Gasteiger partial charge in [0.05, 0.1) is 0 Å². The third kappa shape index (κ3) is 4.43. The molecule has 0 heterocycles. The predicted octanol–water partition coefficient (Wildman–Crippen LogP) is 11.6. The molecule has 4 bridgehead atoms. The number of rotatable bonds is 4. The van der Waals surface area contributed by atoms with E-state index in [0.717, 1.165) is 17.8 Å². The normalized spacial score (nSPS) is 24.8. The first-order valence-corrected chi connectivity index (χ1v) is 16.2. The minimum atomic E-state index is 0.0802. The molecule has 0 N–H and O–H groups in total. The molecule has 5 aromatic carbocycles. The Labute approximate surface area is 251 Å². The van der Waals surface area contributed by atoms with Crippen LogP contribution in [-0.2, 0) is 10.8 Å². The fourth-order valence-corrected chi connectivity index (χ4v) is 9.32. The molecular weight excluding hydrogens is 504 g/mol. The minimum absolute atomic E-state index is 0.0802. The monoisotopic (exact) mass is 546 g/mol. The van der Waals surface area contributed by atoms with Crippen LogP contribution in [-0.4, -0.2) is 0 Å². The second kappa shape index (κ2) is 9.70. The molecule has 0 nitrogen and oxygen atoms in total. The summed E-state index contributed by atoms with van der Waals surface area (Å²) >= 11 is 0. The summed E-state index contributed by atoms with van der Waals surface area (Å²) in [5, 5.41) is 2.91. The molecule has 0 unspecified atom stereocenters. The van der Waals surface area contributed by atoms with Gasteiger partial charge in [-0.3, -0.25) is 0 Å². The van der Waals surface area contributed by atoms with Crippen LogP contribution in [0.2, 0.25) is 0 Å². The summed E-state index contributed by atoms with van der Waals surface area (Å²) in [5.41, 5.74) is 11.3. The van der Waals surface area contributed by atoms with Crippen molar-refractivity contribution in [2.45, 2.75) is 70.1 Å². The van der Waals surface area contributed by atoms with Crippen LogP contribution in [0.15, 0.2) is 109 Å². The van der Waals surface area contributed by atoms with Crippen LogP contribution in [0, 0.1) is 17.8 Å². The lowest BCUT2D eigenvalue weighted by atomic mass is 9.47. The van der Waals surface area contributed by atoms with E-state index in [4.69, 9.17) is 0 Å². The van der Waals surface area contributed by atoms with Crippen molar-refractivity contribution in [1.82, 2.24) is 0 Å². The number of benzene rings is 5. The number of fused-ring (bicyclic) bond motifs is 1. The lowest BCUT2D eigenvalue weighted by molar-refractivity contribution is -0.00449. The Morgan fingerprint density at radius 2 is 1.02 bits per heavy atom. The highest BCUT2D eigenvalue weighted by atomic mass is 14.6. The smallest absolute Gasteiger partial charge is 0.00329 e. The van der Waals surface area contributed by atoms with E-state index < -0.39 is 0 Å². The van der Waals surface area contributed by atoms with Gasteiger partial charge in [0.2, 0.25) is 0 Å². The average molecular weight is 547 g/mol. The van der Waals surface area contributed by atoms with Crippen molar-refractivity contribution in [2.24, 2.45) is 17.8 Å². The second-order valence-electron chi connectivity index (χ2n) is 14.9. The Morgan fingerprint density at radius 3 is 1.62 bits per heavy atom. The van der Waals surface area contributed by atoms with Crippen LogP contribution in [0.1, 0.15) is 70.4 Å². The largest absolute Gasteiger partial charge is 0.0622 e. The van der Waals surface area contributed by atoms with E-state index in [1.165, 1.54) is 88.2 Å². The van der Waals surface area contributed by atoms with Gasteiger partial charge in [-0.1, -0.05) is 124 Å². The zero-order valence-electron chi connectivity index (χ0n) is 25.4. The fraction of sp³-hybridized carbons (Fsp3) is 0.333. The fourth-order valence-electron chi connectivity index (χ4n) is 9.32. The van der Waals surface area contributed by atoms with Crippen molar-refractivity contribution in [3.63, 3.8) is 0 Å². The third-order valence-corrected chi connectivity index (χ3v) is 11.0. The van der Waals surface area contributed by atoms with Gasteiger partial charge in [0.1, 0.15) is 0 Å². The molecule has 4 aliphatic rings. The van der Waals surface area contributed by atoms with Crippen LogP contribution in [0.25, 0.3) is 44.2 Å². The van der Waals surface area contributed by atoms with Crippen molar-refractivity contribution >= 4 is 10.8 Å². The first kappa shape index (κ1) is 26.0. The Morgan fingerprint density at radius 1 is 0.500 bits per heavy atom. The Kier molecular flexibility index (Phi) is 6.01. The predicted molar refractivity (Wildman–Crippen MR) is 179 cm³/mol. The molecule has 0 amide bonds. The maximum absolute atomic E-state index is 2.53. The first-order chi connectivity index (χ1) is 20.3. The summed E-state index contributed by atoms with van der Waals surface area (Å²) in [6.07, 6.45) is 8.72. The van der Waals surface area contributed by atoms with Gasteiger partial charge in [-0.2, -0.15) is 0 Å². The molecule has 0 saturated heterocycles. The molecule has 4 fully saturated rings. The van der Waals surface area contributed by atoms with Crippen molar-refractivity contribution in [2.75, 3.05) is 0 Å². The van der Waals surface area contributed by atoms with Gasteiger partial charge >= 0.3 is 0 Å². The van der Waals surface area contributed by atoms with Gasteiger partial charge in [-0.15, -0.1) is 0 Å². The molecule has 210 valence electrons. The maximum Gasteiger partial charge on any atom is -0.00329 e. The van der Waals surface area contributed by atoms with Crippen LogP contribution in [0.5, 0.6) is 0 Å². The van der Waals surface area contributed by atoms with Crippen molar-refractivity contribution in [3.8, 4) is 33.4 Å². The van der Waals surface area contributed by atoms with E-state index in [2.05, 4.69) is 130 Å². The van der Waals surface area contributed by atoms with Gasteiger partial charge in [0.25, 0.3) is 0 Å². The van der Waals surface area contributed by atoms with Crippen LogP contribution in [0.4, 0.5) is 0 Å². The number of hydrogen-bond donors (Lipinski definition) is 0. The highest BCUT2D eigenvalue weighted by molar-refractivity contribution is 5.99. The summed E-state index contributed by atoms with van der Waals surface area (Å²) in [5.74, 6) is 2.88. The van der Waals surface area contributed by atoms with E-state index in [0.29, 0.717) is 5.41 Å². The molecular formula is C42H42. The van der Waals surface area contributed by atoms with E-state index in [9.17, 15) is 0 Å². The average Bonchev–Trinajstić information content (AvgIpc) is 3.00. The Hall–Kier alpha value is -3.64. The summed E-state index contributed by atoms with van der Waals surface area (Å²) < 4.78 is 0. The Balaban J connectivity index is 1.18. The highest BCUT2D eigenvalue weighted by Gasteiger charge is 2.52. The SMILES string of the molecule is CC(C)(C)c1cc(-c2ccccc2)cc(-c2ccc(-c3ccc(C45CC6CC(CC(C6)C4)C5)c4ccccc34)cc2)c1. The molecule has 4 saturated carbocycles. The molecule has 0 aromatic heterocycles. The van der Waals surface area contributed by atoms with E-state index in [1.54, 1.807) is 5.56 Å². The zero-order valence-corrected chi connectivity index (χ0v) is 25.4. The first-order valence-electron chi connectivity index (χ1n) is 16.2.